The van der Waals surface area contributed by atoms with Crippen LogP contribution in [0.25, 0.3) is 44.8 Å². The summed E-state index contributed by atoms with van der Waals surface area (Å²) in [6.45, 7) is 5.07. The number of hydrogen-bond acceptors (Lipinski definition) is 8. The van der Waals surface area contributed by atoms with E-state index >= 15 is 0 Å². The van der Waals surface area contributed by atoms with E-state index in [-0.39, 0.29) is 6.17 Å². The third kappa shape index (κ3) is 6.34. The largest absolute Gasteiger partial charge is 0.399 e. The third-order valence-corrected chi connectivity index (χ3v) is 10.9. The van der Waals surface area contributed by atoms with E-state index in [0.717, 1.165) is 97.6 Å². The average molecular weight is 735 g/mol. The molecule has 276 valence electrons. The average Bonchev–Trinajstić information content (AvgIpc) is 4.07. The van der Waals surface area contributed by atoms with Crippen molar-refractivity contribution in [3.05, 3.63) is 150 Å². The Morgan fingerprint density at radius 2 is 1.30 bits per heavy atom. The number of rotatable bonds is 5. The van der Waals surface area contributed by atoms with Crippen molar-refractivity contribution >= 4 is 56.3 Å². The van der Waals surface area contributed by atoms with E-state index in [1.807, 2.05) is 24.3 Å². The molecule has 1 saturated heterocycles. The molecule has 0 bridgehead atoms. The van der Waals surface area contributed by atoms with Gasteiger partial charge >= 0.3 is 0 Å². The number of aliphatic imine (C=N–C) groups is 1. The second-order valence-electron chi connectivity index (χ2n) is 14.7. The minimum absolute atomic E-state index is 0.00119. The lowest BCUT2D eigenvalue weighted by atomic mass is 10.0. The standard InChI is InChI=1S/C25H23N5.C21H19N5/c1-4-10-21-17(7-1)16-26-24(27-21)19-8-2-3-9-20(19)25-28-22-12-11-18(15-23(22)29-25)30-13-5-6-14-30;1-12-6-8-16-18(10-12)25-20(23-16)14-4-2-3-5-15(14)21-24-17-9-7-13(22)11-19(17)26-21/h1-4,7-12,15H,5-6,13-14,16H2,(H,26,27)(H,28,29);2-11,20,23,25H,22H2,1H3,(H,24,26). The molecule has 1 fully saturated rings. The summed E-state index contributed by atoms with van der Waals surface area (Å²) < 4.78 is 0. The predicted molar refractivity (Wildman–Crippen MR) is 230 cm³/mol. The van der Waals surface area contributed by atoms with Gasteiger partial charge in [-0.2, -0.15) is 0 Å². The number of fused-ring (bicyclic) bond motifs is 4. The van der Waals surface area contributed by atoms with Gasteiger partial charge in [0.15, 0.2) is 0 Å². The van der Waals surface area contributed by atoms with Crippen molar-refractivity contribution in [2.45, 2.75) is 32.5 Å². The number of nitrogens with one attached hydrogen (secondary N) is 5. The Balaban J connectivity index is 0.000000139. The minimum Gasteiger partial charge on any atom is -0.399 e. The number of aromatic nitrogens is 4. The van der Waals surface area contributed by atoms with Gasteiger partial charge in [0, 0.05) is 52.4 Å². The molecule has 8 aromatic rings. The van der Waals surface area contributed by atoms with Crippen molar-refractivity contribution in [3.8, 4) is 22.8 Å². The van der Waals surface area contributed by atoms with E-state index in [0.29, 0.717) is 6.54 Å². The molecule has 3 aliphatic rings. The van der Waals surface area contributed by atoms with Gasteiger partial charge in [0.25, 0.3) is 0 Å². The van der Waals surface area contributed by atoms with Crippen molar-refractivity contribution in [1.82, 2.24) is 19.9 Å². The second kappa shape index (κ2) is 14.0. The summed E-state index contributed by atoms with van der Waals surface area (Å²) in [5.41, 5.74) is 22.0. The molecule has 11 rings (SSSR count). The smallest absolute Gasteiger partial charge is 0.139 e. The Bertz CT molecular complexity index is 2770. The van der Waals surface area contributed by atoms with E-state index < -0.39 is 0 Å². The van der Waals surface area contributed by atoms with E-state index in [1.54, 1.807) is 0 Å². The van der Waals surface area contributed by atoms with Crippen molar-refractivity contribution in [3.63, 3.8) is 0 Å². The maximum absolute atomic E-state index is 5.89. The van der Waals surface area contributed by atoms with E-state index in [9.17, 15) is 0 Å². The number of nitrogens with zero attached hydrogens (tertiary/aromatic N) is 4. The molecule has 0 amide bonds. The Hall–Kier alpha value is -7.07. The lowest BCUT2D eigenvalue weighted by molar-refractivity contribution is 0.941. The number of amidine groups is 1. The van der Waals surface area contributed by atoms with Crippen molar-refractivity contribution in [2.24, 2.45) is 4.99 Å². The second-order valence-corrected chi connectivity index (χ2v) is 14.7. The molecule has 2 aromatic heterocycles. The lowest BCUT2D eigenvalue weighted by Gasteiger charge is -2.19. The SMILES string of the molecule is Cc1ccc2c(c1)NC(c1ccccc1-c1nc3ccc(N)cc3[nH]1)N2.c1ccc2c(c1)CN=C(c1ccccc1-c1nc3ccc(N4CCCC4)cc3[nH]1)N2. The lowest BCUT2D eigenvalue weighted by Crippen LogP contribution is -2.19. The molecular formula is C46H42N10. The molecule has 6 aromatic carbocycles. The number of H-pyrrole nitrogens is 2. The van der Waals surface area contributed by atoms with E-state index in [1.165, 1.54) is 29.7 Å². The first-order chi connectivity index (χ1) is 27.5. The van der Waals surface area contributed by atoms with E-state index in [2.05, 4.69) is 141 Å². The van der Waals surface area contributed by atoms with Crippen LogP contribution in [-0.2, 0) is 6.54 Å². The van der Waals surface area contributed by atoms with Crippen LogP contribution in [0.4, 0.5) is 28.4 Å². The number of aromatic amines is 2. The number of para-hydroxylation sites is 1. The molecule has 1 unspecified atom stereocenters. The molecule has 5 heterocycles. The Labute approximate surface area is 324 Å². The Morgan fingerprint density at radius 3 is 2.14 bits per heavy atom. The summed E-state index contributed by atoms with van der Waals surface area (Å²) in [6, 6.07) is 43.6. The fourth-order valence-corrected chi connectivity index (χ4v) is 7.98. The molecule has 3 aliphatic heterocycles. The highest BCUT2D eigenvalue weighted by atomic mass is 15.2. The number of aryl methyl sites for hydroxylation is 1. The van der Waals surface area contributed by atoms with Crippen LogP contribution < -0.4 is 26.6 Å². The highest BCUT2D eigenvalue weighted by molar-refractivity contribution is 6.13. The minimum atomic E-state index is 0.00119. The molecular weight excluding hydrogens is 693 g/mol. The summed E-state index contributed by atoms with van der Waals surface area (Å²) in [5.74, 6) is 2.61. The highest BCUT2D eigenvalue weighted by Crippen LogP contribution is 2.39. The zero-order chi connectivity index (χ0) is 37.6. The third-order valence-electron chi connectivity index (χ3n) is 10.9. The van der Waals surface area contributed by atoms with Gasteiger partial charge in [-0.1, -0.05) is 72.8 Å². The summed E-state index contributed by atoms with van der Waals surface area (Å²) >= 11 is 0. The number of anilines is 5. The molecule has 0 saturated carbocycles. The predicted octanol–water partition coefficient (Wildman–Crippen LogP) is 9.86. The van der Waals surface area contributed by atoms with Crippen LogP contribution in [0, 0.1) is 6.92 Å². The fraction of sp³-hybridized carbons (Fsp3) is 0.152. The molecule has 56 heavy (non-hydrogen) atoms. The highest BCUT2D eigenvalue weighted by Gasteiger charge is 2.25. The van der Waals surface area contributed by atoms with Crippen LogP contribution in [0.1, 0.15) is 41.3 Å². The maximum Gasteiger partial charge on any atom is 0.139 e. The first kappa shape index (κ1) is 33.5. The van der Waals surface area contributed by atoms with Crippen LogP contribution in [0.3, 0.4) is 0 Å². The van der Waals surface area contributed by atoms with Gasteiger partial charge in [0.2, 0.25) is 0 Å². The first-order valence-corrected chi connectivity index (χ1v) is 19.2. The van der Waals surface area contributed by atoms with Crippen molar-refractivity contribution in [1.29, 1.82) is 0 Å². The molecule has 10 heteroatoms. The van der Waals surface area contributed by atoms with Gasteiger partial charge in [-0.15, -0.1) is 0 Å². The van der Waals surface area contributed by atoms with Crippen LogP contribution >= 0.6 is 0 Å². The van der Waals surface area contributed by atoms with Crippen LogP contribution in [0.5, 0.6) is 0 Å². The summed E-state index contributed by atoms with van der Waals surface area (Å²) in [4.78, 5) is 23.9. The first-order valence-electron chi connectivity index (χ1n) is 19.2. The molecule has 7 N–H and O–H groups in total. The zero-order valence-corrected chi connectivity index (χ0v) is 31.1. The van der Waals surface area contributed by atoms with Gasteiger partial charge in [-0.3, -0.25) is 4.99 Å². The molecule has 0 aliphatic carbocycles. The van der Waals surface area contributed by atoms with Crippen LogP contribution in [0.2, 0.25) is 0 Å². The number of nitrogen functional groups attached to an aromatic ring is 1. The fourth-order valence-electron chi connectivity index (χ4n) is 7.98. The maximum atomic E-state index is 5.89. The number of benzene rings is 6. The Morgan fingerprint density at radius 1 is 0.625 bits per heavy atom. The Kier molecular flexibility index (Phi) is 8.36. The number of hydrogen-bond donors (Lipinski definition) is 6. The quantitative estimate of drug-likeness (QED) is 0.0970. The summed E-state index contributed by atoms with van der Waals surface area (Å²) in [7, 11) is 0. The van der Waals surface area contributed by atoms with E-state index in [4.69, 9.17) is 20.7 Å². The van der Waals surface area contributed by atoms with Crippen molar-refractivity contribution in [2.75, 3.05) is 39.7 Å². The number of nitrogens with two attached hydrogens (primary N) is 1. The van der Waals surface area contributed by atoms with Gasteiger partial charge in [-0.25, -0.2) is 9.97 Å². The van der Waals surface area contributed by atoms with Gasteiger partial charge in [0.1, 0.15) is 23.7 Å². The van der Waals surface area contributed by atoms with Crippen LogP contribution in [-0.4, -0.2) is 38.9 Å². The number of imidazole rings is 2. The molecule has 0 radical (unpaired) electrons. The molecule has 0 spiro atoms. The van der Waals surface area contributed by atoms with Crippen LogP contribution in [0.15, 0.2) is 132 Å². The topological polar surface area (TPSA) is 135 Å². The van der Waals surface area contributed by atoms with Gasteiger partial charge in [-0.05, 0) is 85.5 Å². The van der Waals surface area contributed by atoms with Gasteiger partial charge < -0.3 is 36.6 Å². The normalized spacial score (nSPS) is 15.6. The van der Waals surface area contributed by atoms with Gasteiger partial charge in [0.05, 0.1) is 40.0 Å². The summed E-state index contributed by atoms with van der Waals surface area (Å²) in [5, 5.41) is 10.6. The monoisotopic (exact) mass is 734 g/mol. The zero-order valence-electron chi connectivity index (χ0n) is 31.1. The van der Waals surface area contributed by atoms with Crippen molar-refractivity contribution < 1.29 is 0 Å². The molecule has 10 nitrogen and oxygen atoms in total. The molecule has 1 atom stereocenters. The summed E-state index contributed by atoms with van der Waals surface area (Å²) in [6.07, 6.45) is 2.55.